The van der Waals surface area contributed by atoms with Crippen LogP contribution in [0.25, 0.3) is 16.0 Å². The number of halogens is 1. The van der Waals surface area contributed by atoms with Crippen molar-refractivity contribution < 1.29 is 19.4 Å². The van der Waals surface area contributed by atoms with Crippen molar-refractivity contribution in [3.63, 3.8) is 0 Å². The van der Waals surface area contributed by atoms with E-state index >= 15 is 0 Å². The zero-order valence-corrected chi connectivity index (χ0v) is 19.6. The molecular weight excluding hydrogens is 472 g/mol. The average Bonchev–Trinajstić information content (AvgIpc) is 3.38. The van der Waals surface area contributed by atoms with E-state index in [-0.39, 0.29) is 11.3 Å². The van der Waals surface area contributed by atoms with Crippen molar-refractivity contribution in [2.45, 2.75) is 13.0 Å². The van der Waals surface area contributed by atoms with Crippen LogP contribution >= 0.6 is 22.9 Å². The van der Waals surface area contributed by atoms with Crippen LogP contribution in [0.1, 0.15) is 24.1 Å². The quantitative estimate of drug-likeness (QED) is 0.211. The highest BCUT2D eigenvalue weighted by molar-refractivity contribution is 7.22. The van der Waals surface area contributed by atoms with Crippen LogP contribution in [0, 0.1) is 0 Å². The number of hydrogen-bond donors (Lipinski definition) is 1. The van der Waals surface area contributed by atoms with E-state index in [1.807, 2.05) is 31.2 Å². The van der Waals surface area contributed by atoms with Crippen molar-refractivity contribution >= 4 is 55.7 Å². The molecular formula is C26H19ClN2O4S. The van der Waals surface area contributed by atoms with Gasteiger partial charge in [-0.05, 0) is 61.0 Å². The Morgan fingerprint density at radius 2 is 1.76 bits per heavy atom. The number of Topliss-reactive ketones (excluding diaryl/α,β-unsaturated/α-hetero) is 1. The molecule has 0 spiro atoms. The third-order valence-corrected chi connectivity index (χ3v) is 6.85. The second-order valence-electron chi connectivity index (χ2n) is 7.64. The van der Waals surface area contributed by atoms with Gasteiger partial charge in [-0.15, -0.1) is 0 Å². The molecule has 0 aliphatic carbocycles. The summed E-state index contributed by atoms with van der Waals surface area (Å²) in [5.41, 5.74) is 1.77. The van der Waals surface area contributed by atoms with Gasteiger partial charge in [0, 0.05) is 10.6 Å². The Balaban J connectivity index is 1.70. The minimum Gasteiger partial charge on any atom is -0.507 e. The molecule has 0 saturated carbocycles. The van der Waals surface area contributed by atoms with Crippen molar-refractivity contribution in [2.24, 2.45) is 0 Å². The summed E-state index contributed by atoms with van der Waals surface area (Å²) in [6.07, 6.45) is 0. The Bertz CT molecular complexity index is 1390. The number of hydrogen-bond acceptors (Lipinski definition) is 6. The molecule has 1 fully saturated rings. The van der Waals surface area contributed by atoms with E-state index in [2.05, 4.69) is 4.98 Å². The number of rotatable bonds is 5. The molecule has 1 amide bonds. The Hall–Kier alpha value is -3.68. The molecule has 2 heterocycles. The normalized spacial score (nSPS) is 17.5. The molecule has 0 radical (unpaired) electrons. The number of aromatic nitrogens is 1. The second-order valence-corrected chi connectivity index (χ2v) is 9.09. The predicted molar refractivity (Wildman–Crippen MR) is 133 cm³/mol. The van der Waals surface area contributed by atoms with Gasteiger partial charge in [0.05, 0.1) is 28.4 Å². The molecule has 1 unspecified atom stereocenters. The average molecular weight is 491 g/mol. The maximum atomic E-state index is 13.3. The summed E-state index contributed by atoms with van der Waals surface area (Å²) in [5.74, 6) is -1.11. The number of anilines is 1. The summed E-state index contributed by atoms with van der Waals surface area (Å²) in [5, 5.41) is 12.1. The molecule has 1 aliphatic rings. The Labute approximate surface area is 204 Å². The van der Waals surface area contributed by atoms with Gasteiger partial charge >= 0.3 is 5.91 Å². The van der Waals surface area contributed by atoms with Gasteiger partial charge in [-0.1, -0.05) is 47.2 Å². The van der Waals surface area contributed by atoms with Crippen molar-refractivity contribution in [1.29, 1.82) is 0 Å². The van der Waals surface area contributed by atoms with Crippen LogP contribution in [-0.2, 0) is 9.59 Å². The van der Waals surface area contributed by atoms with Gasteiger partial charge < -0.3 is 9.84 Å². The Morgan fingerprint density at radius 1 is 1.06 bits per heavy atom. The lowest BCUT2D eigenvalue weighted by Crippen LogP contribution is -2.29. The first-order valence-electron chi connectivity index (χ1n) is 10.6. The Kier molecular flexibility index (Phi) is 5.81. The first-order chi connectivity index (χ1) is 16.5. The zero-order valence-electron chi connectivity index (χ0n) is 18.1. The number of aliphatic hydroxyl groups is 1. The van der Waals surface area contributed by atoms with Gasteiger partial charge in [0.15, 0.2) is 5.13 Å². The molecule has 1 atom stereocenters. The second kappa shape index (κ2) is 8.93. The molecule has 5 rings (SSSR count). The summed E-state index contributed by atoms with van der Waals surface area (Å²) in [7, 11) is 0. The van der Waals surface area contributed by atoms with Gasteiger partial charge in [0.1, 0.15) is 11.5 Å². The van der Waals surface area contributed by atoms with Crippen LogP contribution < -0.4 is 9.64 Å². The van der Waals surface area contributed by atoms with E-state index in [0.717, 1.165) is 10.2 Å². The maximum absolute atomic E-state index is 13.3. The monoisotopic (exact) mass is 490 g/mol. The number of thiazole rings is 1. The molecule has 1 saturated heterocycles. The lowest BCUT2D eigenvalue weighted by atomic mass is 9.95. The fourth-order valence-corrected chi connectivity index (χ4v) is 5.10. The van der Waals surface area contributed by atoms with Crippen molar-refractivity contribution in [3.8, 4) is 5.75 Å². The van der Waals surface area contributed by atoms with Crippen LogP contribution in [0.2, 0.25) is 5.02 Å². The zero-order chi connectivity index (χ0) is 23.8. The van der Waals surface area contributed by atoms with Crippen molar-refractivity contribution in [3.05, 3.63) is 94.5 Å². The van der Waals surface area contributed by atoms with E-state index in [1.165, 1.54) is 16.2 Å². The summed E-state index contributed by atoms with van der Waals surface area (Å²) in [6, 6.07) is 20.2. The number of amides is 1. The summed E-state index contributed by atoms with van der Waals surface area (Å²) in [6.45, 7) is 2.40. The van der Waals surface area contributed by atoms with Gasteiger partial charge in [-0.3, -0.25) is 14.5 Å². The molecule has 3 aromatic carbocycles. The SMILES string of the molecule is CCOc1ccc(C2C(=C(O)c3ccc(Cl)cc3)C(=O)C(=O)N2c2nc3ccccc3s2)cc1. The molecule has 1 N–H and O–H groups in total. The number of carbonyl (C=O) groups excluding carboxylic acids is 2. The van der Waals surface area contributed by atoms with Crippen molar-refractivity contribution in [2.75, 3.05) is 11.5 Å². The van der Waals surface area contributed by atoms with Gasteiger partial charge in [-0.25, -0.2) is 4.98 Å². The molecule has 6 nitrogen and oxygen atoms in total. The van der Waals surface area contributed by atoms with Crippen LogP contribution in [0.4, 0.5) is 5.13 Å². The topological polar surface area (TPSA) is 79.7 Å². The minimum atomic E-state index is -0.855. The molecule has 1 aliphatic heterocycles. The minimum absolute atomic E-state index is 0.00395. The third-order valence-electron chi connectivity index (χ3n) is 5.56. The maximum Gasteiger partial charge on any atom is 0.301 e. The van der Waals surface area contributed by atoms with Crippen LogP contribution in [0.5, 0.6) is 5.75 Å². The summed E-state index contributed by atoms with van der Waals surface area (Å²) < 4.78 is 6.43. The molecule has 4 aromatic rings. The van der Waals surface area contributed by atoms with Crippen LogP contribution in [0.3, 0.4) is 0 Å². The number of carbonyl (C=O) groups is 2. The standard InChI is InChI=1S/C26H19ClN2O4S/c1-2-33-18-13-9-15(10-14-18)22-21(23(30)16-7-11-17(27)12-8-16)24(31)25(32)29(22)26-28-19-5-3-4-6-20(19)34-26/h3-14,22,30H,2H2,1H3. The third kappa shape index (κ3) is 3.83. The van der Waals surface area contributed by atoms with Crippen LogP contribution in [0.15, 0.2) is 78.4 Å². The fraction of sp³-hybridized carbons (Fsp3) is 0.115. The number of para-hydroxylation sites is 1. The number of ketones is 1. The predicted octanol–water partition coefficient (Wildman–Crippen LogP) is 5.97. The van der Waals surface area contributed by atoms with E-state index in [1.54, 1.807) is 48.5 Å². The summed E-state index contributed by atoms with van der Waals surface area (Å²) >= 11 is 7.31. The van der Waals surface area contributed by atoms with Gasteiger partial charge in [-0.2, -0.15) is 0 Å². The van der Waals surface area contributed by atoms with Gasteiger partial charge in [0.25, 0.3) is 5.78 Å². The number of nitrogens with zero attached hydrogens (tertiary/aromatic N) is 2. The fourth-order valence-electron chi connectivity index (χ4n) is 3.98. The Morgan fingerprint density at radius 3 is 2.44 bits per heavy atom. The lowest BCUT2D eigenvalue weighted by molar-refractivity contribution is -0.132. The van der Waals surface area contributed by atoms with Crippen LogP contribution in [-0.4, -0.2) is 28.4 Å². The van der Waals surface area contributed by atoms with E-state index in [4.69, 9.17) is 16.3 Å². The molecule has 1 aromatic heterocycles. The molecule has 0 bridgehead atoms. The lowest BCUT2D eigenvalue weighted by Gasteiger charge is -2.23. The molecule has 8 heteroatoms. The van der Waals surface area contributed by atoms with Gasteiger partial charge in [0.2, 0.25) is 0 Å². The molecule has 34 heavy (non-hydrogen) atoms. The smallest absolute Gasteiger partial charge is 0.301 e. The van der Waals surface area contributed by atoms with Crippen molar-refractivity contribution in [1.82, 2.24) is 4.98 Å². The highest BCUT2D eigenvalue weighted by Gasteiger charge is 2.48. The number of fused-ring (bicyclic) bond motifs is 1. The first-order valence-corrected chi connectivity index (χ1v) is 11.8. The number of ether oxygens (including phenoxy) is 1. The van der Waals surface area contributed by atoms with E-state index in [9.17, 15) is 14.7 Å². The molecule has 170 valence electrons. The highest BCUT2D eigenvalue weighted by atomic mass is 35.5. The largest absolute Gasteiger partial charge is 0.507 e. The van der Waals surface area contributed by atoms with E-state index in [0.29, 0.717) is 33.6 Å². The first kappa shape index (κ1) is 22.1. The number of aliphatic hydroxyl groups excluding tert-OH is 1. The highest BCUT2D eigenvalue weighted by Crippen LogP contribution is 2.44. The van der Waals surface area contributed by atoms with E-state index < -0.39 is 17.7 Å². The summed E-state index contributed by atoms with van der Waals surface area (Å²) in [4.78, 5) is 32.5. The number of benzene rings is 3.